The molecule has 0 aromatic heterocycles. The molecule has 0 amide bonds. The third-order valence-corrected chi connectivity index (χ3v) is 6.27. The number of halogens is 1. The van der Waals surface area contributed by atoms with Crippen LogP contribution in [0.3, 0.4) is 0 Å². The molecule has 1 saturated heterocycles. The second kappa shape index (κ2) is 13.5. The van der Waals surface area contributed by atoms with Crippen LogP contribution in [-0.2, 0) is 0 Å². The van der Waals surface area contributed by atoms with Gasteiger partial charge in [0.05, 0.1) is 0 Å². The summed E-state index contributed by atoms with van der Waals surface area (Å²) in [4.78, 5) is 7.01. The van der Waals surface area contributed by atoms with Crippen molar-refractivity contribution in [1.82, 2.24) is 15.5 Å². The molecule has 2 N–H and O–H groups in total. The molecule has 142 valence electrons. The molecule has 1 aliphatic heterocycles. The fourth-order valence-corrected chi connectivity index (χ4v) is 4.50. The van der Waals surface area contributed by atoms with Gasteiger partial charge in [-0.2, -0.15) is 11.8 Å². The summed E-state index contributed by atoms with van der Waals surface area (Å²) in [5.41, 5.74) is 0. The molecule has 0 aromatic rings. The number of rotatable bonds is 8. The smallest absolute Gasteiger partial charge is 0.191 e. The average molecular weight is 468 g/mol. The van der Waals surface area contributed by atoms with Crippen molar-refractivity contribution in [3.8, 4) is 0 Å². The van der Waals surface area contributed by atoms with Crippen LogP contribution in [0, 0.1) is 0 Å². The number of hydrogen-bond acceptors (Lipinski definition) is 3. The molecule has 2 rings (SSSR count). The van der Waals surface area contributed by atoms with Gasteiger partial charge in [0, 0.05) is 24.9 Å². The van der Waals surface area contributed by atoms with Crippen molar-refractivity contribution >= 4 is 41.7 Å². The van der Waals surface area contributed by atoms with Crippen molar-refractivity contribution in [1.29, 1.82) is 0 Å². The van der Waals surface area contributed by atoms with Gasteiger partial charge in [-0.3, -0.25) is 4.99 Å². The summed E-state index contributed by atoms with van der Waals surface area (Å²) < 4.78 is 0. The molecule has 2 unspecified atom stereocenters. The molecule has 2 fully saturated rings. The molecule has 1 aliphatic carbocycles. The van der Waals surface area contributed by atoms with Crippen LogP contribution in [0.15, 0.2) is 4.99 Å². The highest BCUT2D eigenvalue weighted by molar-refractivity contribution is 14.0. The molecule has 0 bridgehead atoms. The largest absolute Gasteiger partial charge is 0.356 e. The number of unbranched alkanes of at least 4 members (excludes halogenated alkanes) is 2. The van der Waals surface area contributed by atoms with Gasteiger partial charge in [-0.25, -0.2) is 0 Å². The molecule has 2 atom stereocenters. The number of nitrogens with one attached hydrogen (secondary N) is 2. The molecule has 0 aromatic carbocycles. The molecule has 0 radical (unpaired) electrons. The maximum atomic E-state index is 4.37. The van der Waals surface area contributed by atoms with E-state index in [-0.39, 0.29) is 24.0 Å². The predicted molar refractivity (Wildman–Crippen MR) is 119 cm³/mol. The Morgan fingerprint density at radius 2 is 1.92 bits per heavy atom. The second-order valence-corrected chi connectivity index (χ2v) is 8.11. The highest BCUT2D eigenvalue weighted by atomic mass is 127. The van der Waals surface area contributed by atoms with Crippen LogP contribution in [0.2, 0.25) is 0 Å². The first-order chi connectivity index (χ1) is 11.3. The van der Waals surface area contributed by atoms with Crippen molar-refractivity contribution in [3.05, 3.63) is 0 Å². The van der Waals surface area contributed by atoms with E-state index in [2.05, 4.69) is 26.8 Å². The van der Waals surface area contributed by atoms with E-state index in [0.29, 0.717) is 6.04 Å². The highest BCUT2D eigenvalue weighted by Gasteiger charge is 2.24. The molecule has 2 aliphatic rings. The molecule has 4 nitrogen and oxygen atoms in total. The van der Waals surface area contributed by atoms with Crippen molar-refractivity contribution in [2.75, 3.05) is 39.5 Å². The van der Waals surface area contributed by atoms with Gasteiger partial charge in [0.2, 0.25) is 0 Å². The number of nitrogens with zero attached hydrogens (tertiary/aromatic N) is 2. The van der Waals surface area contributed by atoms with Crippen LogP contribution < -0.4 is 10.6 Å². The van der Waals surface area contributed by atoms with Crippen LogP contribution in [0.25, 0.3) is 0 Å². The number of hydrogen-bond donors (Lipinski definition) is 2. The lowest BCUT2D eigenvalue weighted by atomic mass is 10.1. The summed E-state index contributed by atoms with van der Waals surface area (Å²) in [6.45, 7) is 4.99. The first-order valence-electron chi connectivity index (χ1n) is 9.54. The Bertz CT molecular complexity index is 348. The third-order valence-electron chi connectivity index (χ3n) is 5.17. The second-order valence-electron chi connectivity index (χ2n) is 6.97. The number of likely N-dealkylation sites (tertiary alicyclic amines) is 1. The lowest BCUT2D eigenvalue weighted by Gasteiger charge is -2.26. The minimum absolute atomic E-state index is 0. The Labute approximate surface area is 170 Å². The van der Waals surface area contributed by atoms with Gasteiger partial charge in [-0.15, -0.1) is 24.0 Å². The fourth-order valence-electron chi connectivity index (χ4n) is 3.70. The minimum atomic E-state index is 0. The molecule has 0 spiro atoms. The van der Waals surface area contributed by atoms with Gasteiger partial charge in [0.1, 0.15) is 0 Å². The molecule has 6 heteroatoms. The Morgan fingerprint density at radius 3 is 2.58 bits per heavy atom. The summed E-state index contributed by atoms with van der Waals surface area (Å²) in [5.74, 6) is 0.993. The molecule has 24 heavy (non-hydrogen) atoms. The van der Waals surface area contributed by atoms with E-state index in [1.54, 1.807) is 0 Å². The van der Waals surface area contributed by atoms with Gasteiger partial charge < -0.3 is 15.5 Å². The summed E-state index contributed by atoms with van der Waals surface area (Å²) in [6, 6.07) is 0.609. The van der Waals surface area contributed by atoms with E-state index in [0.717, 1.165) is 17.8 Å². The summed E-state index contributed by atoms with van der Waals surface area (Å²) in [6.07, 6.45) is 14.3. The van der Waals surface area contributed by atoms with Crippen molar-refractivity contribution < 1.29 is 0 Å². The topological polar surface area (TPSA) is 39.7 Å². The number of guanidine groups is 1. The lowest BCUT2D eigenvalue weighted by molar-refractivity contribution is 0.224. The van der Waals surface area contributed by atoms with E-state index in [1.807, 2.05) is 18.8 Å². The van der Waals surface area contributed by atoms with Crippen LogP contribution in [0.1, 0.15) is 57.8 Å². The Hall–Kier alpha value is 0.310. The molecule has 1 saturated carbocycles. The zero-order valence-corrected chi connectivity index (χ0v) is 18.7. The first-order valence-corrected chi connectivity index (χ1v) is 10.8. The van der Waals surface area contributed by atoms with E-state index in [9.17, 15) is 0 Å². The summed E-state index contributed by atoms with van der Waals surface area (Å²) in [7, 11) is 1.88. The number of piperidine rings is 1. The Balaban J connectivity index is 0.00000288. The highest BCUT2D eigenvalue weighted by Crippen LogP contribution is 2.27. The Morgan fingerprint density at radius 1 is 1.12 bits per heavy atom. The Kier molecular flexibility index (Phi) is 12.6. The molecular formula is C18H37IN4S. The normalized spacial score (nSPS) is 25.3. The predicted octanol–water partition coefficient (Wildman–Crippen LogP) is 3.71. The quantitative estimate of drug-likeness (QED) is 0.247. The van der Waals surface area contributed by atoms with E-state index < -0.39 is 0 Å². The molecular weight excluding hydrogens is 431 g/mol. The zero-order chi connectivity index (χ0) is 16.3. The first kappa shape index (κ1) is 22.4. The summed E-state index contributed by atoms with van der Waals surface area (Å²) in [5, 5.41) is 7.91. The van der Waals surface area contributed by atoms with Gasteiger partial charge in [0.25, 0.3) is 0 Å². The SMILES string of the molecule is CN=C(NCCCCCN1CCCCC1)NC1CCC(SC)C1.I. The standard InChI is InChI=1S/C18H36N4S.HI/c1-19-18(21-16-9-10-17(15-16)23-2)20-11-5-3-6-12-22-13-7-4-8-14-22;/h16-17H,3-15H2,1-2H3,(H2,19,20,21);1H. The van der Waals surface area contributed by atoms with Crippen molar-refractivity contribution in [2.45, 2.75) is 69.1 Å². The molecule has 1 heterocycles. The average Bonchev–Trinajstić information content (AvgIpc) is 3.05. The van der Waals surface area contributed by atoms with E-state index >= 15 is 0 Å². The van der Waals surface area contributed by atoms with Crippen LogP contribution >= 0.6 is 35.7 Å². The van der Waals surface area contributed by atoms with Gasteiger partial charge in [-0.1, -0.05) is 12.8 Å². The zero-order valence-electron chi connectivity index (χ0n) is 15.6. The fraction of sp³-hybridized carbons (Fsp3) is 0.944. The minimum Gasteiger partial charge on any atom is -0.356 e. The maximum absolute atomic E-state index is 4.37. The van der Waals surface area contributed by atoms with Crippen LogP contribution in [0.4, 0.5) is 0 Å². The van der Waals surface area contributed by atoms with Crippen LogP contribution in [-0.4, -0.2) is 61.6 Å². The van der Waals surface area contributed by atoms with E-state index in [4.69, 9.17) is 0 Å². The summed E-state index contributed by atoms with van der Waals surface area (Å²) >= 11 is 2.01. The van der Waals surface area contributed by atoms with Gasteiger partial charge in [-0.05, 0) is 70.8 Å². The third kappa shape index (κ3) is 8.61. The maximum Gasteiger partial charge on any atom is 0.191 e. The lowest BCUT2D eigenvalue weighted by Crippen LogP contribution is -2.42. The number of thioether (sulfide) groups is 1. The van der Waals surface area contributed by atoms with Crippen molar-refractivity contribution in [2.24, 2.45) is 4.99 Å². The monoisotopic (exact) mass is 468 g/mol. The van der Waals surface area contributed by atoms with Gasteiger partial charge in [0.15, 0.2) is 5.96 Å². The van der Waals surface area contributed by atoms with E-state index in [1.165, 1.54) is 77.4 Å². The van der Waals surface area contributed by atoms with Crippen LogP contribution in [0.5, 0.6) is 0 Å². The van der Waals surface area contributed by atoms with Crippen molar-refractivity contribution in [3.63, 3.8) is 0 Å². The van der Waals surface area contributed by atoms with Gasteiger partial charge >= 0.3 is 0 Å². The number of aliphatic imine (C=N–C) groups is 1.